The molecule has 0 aliphatic heterocycles. The van der Waals surface area contributed by atoms with Crippen LogP contribution < -0.4 is 0 Å². The number of carbonyl (C=O) groups is 4. The van der Waals surface area contributed by atoms with Crippen molar-refractivity contribution in [1.29, 1.82) is 0 Å². The first-order valence-corrected chi connectivity index (χ1v) is 6.22. The number of benzene rings is 2. The van der Waals surface area contributed by atoms with Gasteiger partial charge in [-0.1, -0.05) is 30.3 Å². The highest BCUT2D eigenvalue weighted by atomic mass is 16.4. The molecule has 0 radical (unpaired) electrons. The number of ketones is 1. The minimum Gasteiger partial charge on any atom is -0.478 e. The number of aromatic carboxylic acids is 2. The van der Waals surface area contributed by atoms with Crippen LogP contribution in [-0.2, 0) is 4.79 Å². The summed E-state index contributed by atoms with van der Waals surface area (Å²) >= 11 is 0. The van der Waals surface area contributed by atoms with Gasteiger partial charge in [0.25, 0.3) is 5.78 Å². The molecule has 23 heavy (non-hydrogen) atoms. The van der Waals surface area contributed by atoms with Crippen molar-refractivity contribution >= 4 is 23.7 Å². The van der Waals surface area contributed by atoms with Gasteiger partial charge in [-0.25, -0.2) is 14.4 Å². The summed E-state index contributed by atoms with van der Waals surface area (Å²) < 4.78 is 0. The molecule has 0 aliphatic carbocycles. The second-order valence-corrected chi connectivity index (χ2v) is 4.19. The fraction of sp³-hybridized carbons (Fsp3) is 0. The van der Waals surface area contributed by atoms with Crippen molar-refractivity contribution < 1.29 is 34.5 Å². The maximum absolute atomic E-state index is 10.9. The molecule has 0 aromatic heterocycles. The lowest BCUT2D eigenvalue weighted by Crippen LogP contribution is -2.13. The van der Waals surface area contributed by atoms with E-state index in [0.717, 1.165) is 6.07 Å². The van der Waals surface area contributed by atoms with E-state index >= 15 is 0 Å². The molecule has 0 spiro atoms. The third-order valence-corrected chi connectivity index (χ3v) is 2.59. The van der Waals surface area contributed by atoms with Gasteiger partial charge >= 0.3 is 17.9 Å². The van der Waals surface area contributed by atoms with Crippen LogP contribution in [0, 0.1) is 0 Å². The van der Waals surface area contributed by atoms with E-state index in [0.29, 0.717) is 5.56 Å². The summed E-state index contributed by atoms with van der Waals surface area (Å²) in [7, 11) is 0. The summed E-state index contributed by atoms with van der Waals surface area (Å²) in [5.74, 6) is -4.80. The predicted molar refractivity (Wildman–Crippen MR) is 78.8 cm³/mol. The number of carboxylic acids is 3. The summed E-state index contributed by atoms with van der Waals surface area (Å²) in [6.07, 6.45) is 0. The Morgan fingerprint density at radius 1 is 0.609 bits per heavy atom. The van der Waals surface area contributed by atoms with Crippen molar-refractivity contribution in [2.75, 3.05) is 0 Å². The average Bonchev–Trinajstić information content (AvgIpc) is 2.55. The largest absolute Gasteiger partial charge is 0.478 e. The molecule has 2 aromatic carbocycles. The number of aliphatic carboxylic acids is 1. The normalized spacial score (nSPS) is 9.22. The van der Waals surface area contributed by atoms with Gasteiger partial charge in [0, 0.05) is 5.56 Å². The summed E-state index contributed by atoms with van der Waals surface area (Å²) in [6, 6.07) is 13.2. The van der Waals surface area contributed by atoms with Crippen LogP contribution in [0.2, 0.25) is 0 Å². The van der Waals surface area contributed by atoms with E-state index in [9.17, 15) is 19.2 Å². The van der Waals surface area contributed by atoms with Crippen molar-refractivity contribution in [2.24, 2.45) is 0 Å². The Balaban J connectivity index is 0.000000253. The molecule has 7 nitrogen and oxygen atoms in total. The highest BCUT2D eigenvalue weighted by molar-refractivity contribution is 6.39. The van der Waals surface area contributed by atoms with Crippen molar-refractivity contribution in [3.05, 3.63) is 71.3 Å². The second kappa shape index (κ2) is 8.08. The van der Waals surface area contributed by atoms with Gasteiger partial charge in [0.1, 0.15) is 0 Å². The Bertz CT molecular complexity index is 735. The van der Waals surface area contributed by atoms with E-state index in [4.69, 9.17) is 15.3 Å². The van der Waals surface area contributed by atoms with Crippen LogP contribution in [0.3, 0.4) is 0 Å². The number of hydrogen-bond acceptors (Lipinski definition) is 4. The SMILES string of the molecule is O=C(O)C(=O)c1cccc(C(=O)O)c1.O=C(O)c1ccccc1. The molecule has 7 heteroatoms. The zero-order valence-corrected chi connectivity index (χ0v) is 11.7. The lowest BCUT2D eigenvalue weighted by molar-refractivity contribution is -0.131. The maximum Gasteiger partial charge on any atom is 0.377 e. The number of rotatable bonds is 4. The molecule has 2 rings (SSSR count). The molecule has 2 aromatic rings. The summed E-state index contributed by atoms with van der Waals surface area (Å²) in [5.41, 5.74) is 0.0759. The van der Waals surface area contributed by atoms with Crippen LogP contribution in [0.25, 0.3) is 0 Å². The van der Waals surface area contributed by atoms with Crippen LogP contribution in [0.1, 0.15) is 31.1 Å². The van der Waals surface area contributed by atoms with Gasteiger partial charge in [-0.2, -0.15) is 0 Å². The van der Waals surface area contributed by atoms with Gasteiger partial charge in [-0.05, 0) is 24.3 Å². The standard InChI is InChI=1S/C9H6O5.C7H6O2/c10-7(9(13)14)5-2-1-3-6(4-5)8(11)12;8-7(9)6-4-2-1-3-5-6/h1-4H,(H,11,12)(H,13,14);1-5H,(H,8,9). The highest BCUT2D eigenvalue weighted by Crippen LogP contribution is 2.06. The number of carboxylic acid groups (broad SMARTS) is 3. The van der Waals surface area contributed by atoms with Crippen molar-refractivity contribution in [2.45, 2.75) is 0 Å². The predicted octanol–water partition coefficient (Wildman–Crippen LogP) is 2.04. The molecular weight excluding hydrogens is 304 g/mol. The highest BCUT2D eigenvalue weighted by Gasteiger charge is 2.15. The van der Waals surface area contributed by atoms with E-state index in [1.807, 2.05) is 0 Å². The van der Waals surface area contributed by atoms with Crippen LogP contribution in [0.4, 0.5) is 0 Å². The first kappa shape index (κ1) is 17.6. The molecule has 118 valence electrons. The molecular formula is C16H12O7. The van der Waals surface area contributed by atoms with Gasteiger partial charge in [0.2, 0.25) is 0 Å². The number of Topliss-reactive ketones (excluding diaryl/α,β-unsaturated/α-hetero) is 1. The van der Waals surface area contributed by atoms with Gasteiger partial charge in [0.05, 0.1) is 11.1 Å². The van der Waals surface area contributed by atoms with Crippen LogP contribution >= 0.6 is 0 Å². The van der Waals surface area contributed by atoms with Gasteiger partial charge in [0.15, 0.2) is 0 Å². The molecule has 0 amide bonds. The van der Waals surface area contributed by atoms with Crippen LogP contribution in [0.5, 0.6) is 0 Å². The minimum atomic E-state index is -1.60. The first-order valence-electron chi connectivity index (χ1n) is 6.22. The molecule has 3 N–H and O–H groups in total. The van der Waals surface area contributed by atoms with Gasteiger partial charge in [-0.3, -0.25) is 4.79 Å². The van der Waals surface area contributed by atoms with Crippen molar-refractivity contribution in [1.82, 2.24) is 0 Å². The lowest BCUT2D eigenvalue weighted by atomic mass is 10.1. The molecule has 0 saturated carbocycles. The molecule has 0 bridgehead atoms. The van der Waals surface area contributed by atoms with Crippen LogP contribution in [-0.4, -0.2) is 39.0 Å². The van der Waals surface area contributed by atoms with Crippen molar-refractivity contribution in [3.8, 4) is 0 Å². The van der Waals surface area contributed by atoms with Gasteiger partial charge in [-0.15, -0.1) is 0 Å². The minimum absolute atomic E-state index is 0.114. The smallest absolute Gasteiger partial charge is 0.377 e. The molecule has 0 heterocycles. The monoisotopic (exact) mass is 316 g/mol. The molecule has 0 aliphatic rings. The molecule has 0 fully saturated rings. The first-order chi connectivity index (χ1) is 10.8. The zero-order valence-electron chi connectivity index (χ0n) is 11.7. The molecule has 0 saturated heterocycles. The van der Waals surface area contributed by atoms with E-state index in [-0.39, 0.29) is 11.1 Å². The Morgan fingerprint density at radius 3 is 1.52 bits per heavy atom. The van der Waals surface area contributed by atoms with Crippen molar-refractivity contribution in [3.63, 3.8) is 0 Å². The topological polar surface area (TPSA) is 129 Å². The second-order valence-electron chi connectivity index (χ2n) is 4.19. The Hall–Kier alpha value is -3.48. The van der Waals surface area contributed by atoms with Crippen LogP contribution in [0.15, 0.2) is 54.6 Å². The third kappa shape index (κ3) is 5.43. The van der Waals surface area contributed by atoms with E-state index < -0.39 is 23.7 Å². The molecule has 0 atom stereocenters. The Labute approximate surface area is 130 Å². The van der Waals surface area contributed by atoms with Gasteiger partial charge < -0.3 is 15.3 Å². The van der Waals surface area contributed by atoms with E-state index in [2.05, 4.69) is 0 Å². The summed E-state index contributed by atoms with van der Waals surface area (Å²) in [5, 5.41) is 25.3. The average molecular weight is 316 g/mol. The maximum atomic E-state index is 10.9. The Morgan fingerprint density at radius 2 is 1.09 bits per heavy atom. The zero-order chi connectivity index (χ0) is 17.4. The quantitative estimate of drug-likeness (QED) is 0.581. The fourth-order valence-electron chi connectivity index (χ4n) is 1.50. The van der Waals surface area contributed by atoms with E-state index in [1.165, 1.54) is 18.2 Å². The summed E-state index contributed by atoms with van der Waals surface area (Å²) in [4.78, 5) is 41.9. The molecule has 0 unspecified atom stereocenters. The fourth-order valence-corrected chi connectivity index (χ4v) is 1.50. The Kier molecular flexibility index (Phi) is 6.17. The number of hydrogen-bond donors (Lipinski definition) is 3. The number of carbonyl (C=O) groups excluding carboxylic acids is 1. The van der Waals surface area contributed by atoms with E-state index in [1.54, 1.807) is 30.3 Å². The lowest BCUT2D eigenvalue weighted by Gasteiger charge is -1.97. The summed E-state index contributed by atoms with van der Waals surface area (Å²) in [6.45, 7) is 0. The third-order valence-electron chi connectivity index (χ3n) is 2.59.